The van der Waals surface area contributed by atoms with Crippen LogP contribution in [0.15, 0.2) is 47.1 Å². The second-order valence-electron chi connectivity index (χ2n) is 6.02. The molecule has 1 aromatic heterocycles. The van der Waals surface area contributed by atoms with E-state index in [1.54, 1.807) is 43.5 Å². The summed E-state index contributed by atoms with van der Waals surface area (Å²) in [6.07, 6.45) is 0.442. The molecule has 28 heavy (non-hydrogen) atoms. The topological polar surface area (TPSA) is 77.8 Å². The fourth-order valence-electron chi connectivity index (χ4n) is 2.61. The number of rotatable bonds is 6. The minimum atomic E-state index is -1.01. The molecule has 0 fully saturated rings. The third-order valence-electron chi connectivity index (χ3n) is 4.08. The van der Waals surface area contributed by atoms with Gasteiger partial charge in [-0.05, 0) is 31.2 Å². The average Bonchev–Trinajstić information content (AvgIpc) is 3.07. The first-order chi connectivity index (χ1) is 13.4. The van der Waals surface area contributed by atoms with Gasteiger partial charge in [0, 0.05) is 17.0 Å². The molecule has 1 unspecified atom stereocenters. The second kappa shape index (κ2) is 8.54. The number of furan rings is 1. The predicted molar refractivity (Wildman–Crippen MR) is 107 cm³/mol. The number of amides is 1. The highest BCUT2D eigenvalue weighted by atomic mass is 35.5. The van der Waals surface area contributed by atoms with E-state index in [2.05, 4.69) is 5.32 Å². The molecule has 2 aromatic carbocycles. The first-order valence-corrected chi connectivity index (χ1v) is 9.13. The van der Waals surface area contributed by atoms with Crippen LogP contribution in [0, 0.1) is 0 Å². The zero-order valence-corrected chi connectivity index (χ0v) is 16.6. The summed E-state index contributed by atoms with van der Waals surface area (Å²) in [4.78, 5) is 24.5. The van der Waals surface area contributed by atoms with Crippen LogP contribution in [-0.4, -0.2) is 25.1 Å². The molecule has 0 spiro atoms. The molecular formula is C20H17Cl2NO5. The Kier molecular flexibility index (Phi) is 6.11. The van der Waals surface area contributed by atoms with Crippen LogP contribution in [0.2, 0.25) is 10.0 Å². The molecule has 0 saturated heterocycles. The smallest absolute Gasteiger partial charge is 0.311 e. The molecule has 0 aliphatic rings. The maximum atomic E-state index is 12.3. The van der Waals surface area contributed by atoms with Crippen LogP contribution in [-0.2, 0) is 20.7 Å². The van der Waals surface area contributed by atoms with Crippen LogP contribution in [0.4, 0.5) is 5.69 Å². The zero-order valence-electron chi connectivity index (χ0n) is 15.1. The number of fused-ring (bicyclic) bond motifs is 1. The minimum Gasteiger partial charge on any atom is -0.497 e. The highest BCUT2D eigenvalue weighted by Crippen LogP contribution is 2.30. The summed E-state index contributed by atoms with van der Waals surface area (Å²) in [6.45, 7) is 1.48. The number of ether oxygens (including phenoxy) is 2. The Labute approximate surface area is 171 Å². The van der Waals surface area contributed by atoms with Gasteiger partial charge in [-0.3, -0.25) is 9.59 Å². The van der Waals surface area contributed by atoms with Crippen molar-refractivity contribution < 1.29 is 23.5 Å². The van der Waals surface area contributed by atoms with Gasteiger partial charge in [-0.15, -0.1) is 0 Å². The van der Waals surface area contributed by atoms with E-state index in [0.29, 0.717) is 27.6 Å². The zero-order chi connectivity index (χ0) is 20.3. The average molecular weight is 422 g/mol. The van der Waals surface area contributed by atoms with E-state index in [-0.39, 0.29) is 11.4 Å². The lowest BCUT2D eigenvalue weighted by Gasteiger charge is -2.14. The molecule has 3 rings (SSSR count). The van der Waals surface area contributed by atoms with Gasteiger partial charge >= 0.3 is 5.97 Å². The molecular weight excluding hydrogens is 405 g/mol. The summed E-state index contributed by atoms with van der Waals surface area (Å²) < 4.78 is 15.8. The van der Waals surface area contributed by atoms with E-state index in [4.69, 9.17) is 37.1 Å². The molecule has 1 heterocycles. The van der Waals surface area contributed by atoms with E-state index >= 15 is 0 Å². The minimum absolute atomic E-state index is 0.0329. The number of hydrogen-bond acceptors (Lipinski definition) is 5. The third-order valence-corrected chi connectivity index (χ3v) is 4.90. The quantitative estimate of drug-likeness (QED) is 0.574. The van der Waals surface area contributed by atoms with Gasteiger partial charge in [-0.25, -0.2) is 0 Å². The number of carbonyl (C=O) groups is 2. The standard InChI is InChI=1S/C20H17Cl2NO5/c1-11(20(25)23-16-5-3-4-15(21)19(16)22)28-18(24)8-12-10-27-17-9-13(26-2)6-7-14(12)17/h3-7,9-11H,8H2,1-2H3,(H,23,25). The molecule has 0 aliphatic carbocycles. The molecule has 1 N–H and O–H groups in total. The van der Waals surface area contributed by atoms with Crippen molar-refractivity contribution in [1.82, 2.24) is 0 Å². The summed E-state index contributed by atoms with van der Waals surface area (Å²) in [5, 5.41) is 3.90. The van der Waals surface area contributed by atoms with Crippen LogP contribution >= 0.6 is 23.2 Å². The highest BCUT2D eigenvalue weighted by Gasteiger charge is 2.20. The maximum absolute atomic E-state index is 12.3. The molecule has 1 atom stereocenters. The van der Waals surface area contributed by atoms with Crippen molar-refractivity contribution in [2.75, 3.05) is 12.4 Å². The van der Waals surface area contributed by atoms with Crippen molar-refractivity contribution in [2.45, 2.75) is 19.4 Å². The Balaban J connectivity index is 1.62. The fraction of sp³-hybridized carbons (Fsp3) is 0.200. The van der Waals surface area contributed by atoms with E-state index in [0.717, 1.165) is 5.39 Å². The number of esters is 1. The van der Waals surface area contributed by atoms with Crippen LogP contribution in [0.5, 0.6) is 5.75 Å². The Morgan fingerprint density at radius 3 is 2.75 bits per heavy atom. The summed E-state index contributed by atoms with van der Waals surface area (Å²) in [5.41, 5.74) is 1.61. The Bertz CT molecular complexity index is 1030. The lowest BCUT2D eigenvalue weighted by molar-refractivity contribution is -0.152. The van der Waals surface area contributed by atoms with E-state index in [9.17, 15) is 9.59 Å². The molecule has 8 heteroatoms. The van der Waals surface area contributed by atoms with Crippen molar-refractivity contribution in [3.05, 3.63) is 58.3 Å². The molecule has 0 saturated carbocycles. The first-order valence-electron chi connectivity index (χ1n) is 8.37. The number of nitrogens with one attached hydrogen (secondary N) is 1. The van der Waals surface area contributed by atoms with Crippen molar-refractivity contribution in [3.8, 4) is 5.75 Å². The molecule has 0 radical (unpaired) electrons. The van der Waals surface area contributed by atoms with E-state index in [1.807, 2.05) is 0 Å². The molecule has 0 aliphatic heterocycles. The Morgan fingerprint density at radius 2 is 2.00 bits per heavy atom. The van der Waals surface area contributed by atoms with Gasteiger partial charge in [0.1, 0.15) is 11.3 Å². The van der Waals surface area contributed by atoms with Gasteiger partial charge in [0.05, 0.1) is 35.5 Å². The molecule has 1 amide bonds. The molecule has 3 aromatic rings. The van der Waals surface area contributed by atoms with Crippen LogP contribution < -0.4 is 10.1 Å². The number of halogens is 2. The SMILES string of the molecule is COc1ccc2c(CC(=O)OC(C)C(=O)Nc3cccc(Cl)c3Cl)coc2c1. The number of carbonyl (C=O) groups excluding carboxylic acids is 2. The first kappa shape index (κ1) is 20.0. The van der Waals surface area contributed by atoms with Gasteiger partial charge in [-0.2, -0.15) is 0 Å². The number of benzene rings is 2. The normalized spacial score (nSPS) is 11.9. The van der Waals surface area contributed by atoms with Crippen molar-refractivity contribution in [2.24, 2.45) is 0 Å². The Hall–Kier alpha value is -2.70. The summed E-state index contributed by atoms with van der Waals surface area (Å²) in [6, 6.07) is 10.2. The van der Waals surface area contributed by atoms with Gasteiger partial charge in [0.2, 0.25) is 0 Å². The van der Waals surface area contributed by atoms with Gasteiger partial charge in [-0.1, -0.05) is 29.3 Å². The molecule has 146 valence electrons. The van der Waals surface area contributed by atoms with Crippen molar-refractivity contribution in [1.29, 1.82) is 0 Å². The number of hydrogen-bond donors (Lipinski definition) is 1. The molecule has 6 nitrogen and oxygen atoms in total. The molecule has 0 bridgehead atoms. The monoisotopic (exact) mass is 421 g/mol. The van der Waals surface area contributed by atoms with Crippen LogP contribution in [0.25, 0.3) is 11.0 Å². The summed E-state index contributed by atoms with van der Waals surface area (Å²) >= 11 is 12.0. The summed E-state index contributed by atoms with van der Waals surface area (Å²) in [7, 11) is 1.56. The number of methoxy groups -OCH3 is 1. The fourth-order valence-corrected chi connectivity index (χ4v) is 2.96. The summed E-state index contributed by atoms with van der Waals surface area (Å²) in [5.74, 6) is -0.418. The third kappa shape index (κ3) is 4.40. The van der Waals surface area contributed by atoms with E-state index in [1.165, 1.54) is 13.2 Å². The van der Waals surface area contributed by atoms with Crippen LogP contribution in [0.1, 0.15) is 12.5 Å². The lowest BCUT2D eigenvalue weighted by atomic mass is 10.1. The second-order valence-corrected chi connectivity index (χ2v) is 6.81. The van der Waals surface area contributed by atoms with Gasteiger partial charge < -0.3 is 19.2 Å². The van der Waals surface area contributed by atoms with E-state index < -0.39 is 18.0 Å². The van der Waals surface area contributed by atoms with Gasteiger partial charge in [0.15, 0.2) is 6.10 Å². The maximum Gasteiger partial charge on any atom is 0.311 e. The Morgan fingerprint density at radius 1 is 1.21 bits per heavy atom. The lowest BCUT2D eigenvalue weighted by Crippen LogP contribution is -2.30. The predicted octanol–water partition coefficient (Wildman–Crippen LogP) is 4.86. The van der Waals surface area contributed by atoms with Crippen molar-refractivity contribution in [3.63, 3.8) is 0 Å². The van der Waals surface area contributed by atoms with Gasteiger partial charge in [0.25, 0.3) is 5.91 Å². The largest absolute Gasteiger partial charge is 0.497 e. The van der Waals surface area contributed by atoms with Crippen molar-refractivity contribution >= 4 is 51.7 Å². The number of anilines is 1. The highest BCUT2D eigenvalue weighted by molar-refractivity contribution is 6.44. The van der Waals surface area contributed by atoms with Crippen LogP contribution in [0.3, 0.4) is 0 Å².